The van der Waals surface area contributed by atoms with Crippen molar-refractivity contribution in [2.24, 2.45) is 5.92 Å². The lowest BCUT2D eigenvalue weighted by molar-refractivity contribution is -0.188. The number of carbonyl (C=O) groups is 1. The van der Waals surface area contributed by atoms with Gasteiger partial charge >= 0.3 is 0 Å². The molecule has 8 heteroatoms. The number of likely N-dealkylation sites (tertiary alicyclic amines) is 1. The normalized spacial score (nSPS) is 20.9. The molecule has 0 aliphatic carbocycles. The van der Waals surface area contributed by atoms with Gasteiger partial charge in [-0.2, -0.15) is 0 Å². The monoisotopic (exact) mass is 382 g/mol. The molecule has 1 amide bonds. The highest BCUT2D eigenvalue weighted by atomic mass is 32.2. The van der Waals surface area contributed by atoms with E-state index in [1.54, 1.807) is 24.0 Å². The molecule has 1 unspecified atom stereocenters. The molecule has 1 aromatic carbocycles. The molecule has 1 N–H and O–H groups in total. The number of benzene rings is 1. The van der Waals surface area contributed by atoms with Crippen molar-refractivity contribution >= 4 is 21.6 Å². The molecular formula is C18H26N2O5S. The number of hydrogen-bond donors (Lipinski definition) is 1. The highest BCUT2D eigenvalue weighted by Gasteiger charge is 2.41. The van der Waals surface area contributed by atoms with E-state index in [0.29, 0.717) is 44.8 Å². The van der Waals surface area contributed by atoms with Gasteiger partial charge in [0.05, 0.1) is 24.9 Å². The van der Waals surface area contributed by atoms with Gasteiger partial charge in [0, 0.05) is 31.6 Å². The Morgan fingerprint density at radius 2 is 1.77 bits per heavy atom. The molecule has 2 heterocycles. The summed E-state index contributed by atoms with van der Waals surface area (Å²) in [5.74, 6) is -1.54. The molecule has 144 valence electrons. The van der Waals surface area contributed by atoms with Crippen LogP contribution in [-0.2, 0) is 24.3 Å². The van der Waals surface area contributed by atoms with Gasteiger partial charge in [-0.05, 0) is 19.1 Å². The molecule has 1 atom stereocenters. The number of piperidine rings is 1. The zero-order chi connectivity index (χ0) is 18.8. The zero-order valence-electron chi connectivity index (χ0n) is 15.2. The molecular weight excluding hydrogens is 356 g/mol. The van der Waals surface area contributed by atoms with Crippen molar-refractivity contribution in [1.82, 2.24) is 4.90 Å². The molecule has 2 aliphatic rings. The minimum atomic E-state index is -3.60. The van der Waals surface area contributed by atoms with Crippen molar-refractivity contribution in [1.29, 1.82) is 0 Å². The summed E-state index contributed by atoms with van der Waals surface area (Å²) in [6.07, 6.45) is 1.25. The van der Waals surface area contributed by atoms with E-state index in [1.165, 1.54) is 0 Å². The first-order chi connectivity index (χ1) is 12.3. The molecule has 7 nitrogen and oxygen atoms in total. The van der Waals surface area contributed by atoms with Crippen LogP contribution in [0.15, 0.2) is 24.3 Å². The quantitative estimate of drug-likeness (QED) is 0.838. The van der Waals surface area contributed by atoms with Gasteiger partial charge < -0.3 is 14.4 Å². The number of nitrogens with one attached hydrogen (secondary N) is 1. The lowest BCUT2D eigenvalue weighted by atomic mass is 10.0. The maximum atomic E-state index is 12.6. The predicted molar refractivity (Wildman–Crippen MR) is 98.2 cm³/mol. The molecule has 3 rings (SSSR count). The van der Waals surface area contributed by atoms with Crippen molar-refractivity contribution in [3.8, 4) is 0 Å². The fourth-order valence-electron chi connectivity index (χ4n) is 3.41. The van der Waals surface area contributed by atoms with E-state index >= 15 is 0 Å². The summed E-state index contributed by atoms with van der Waals surface area (Å²) < 4.78 is 38.6. The minimum absolute atomic E-state index is 0.146. The third kappa shape index (κ3) is 4.55. The van der Waals surface area contributed by atoms with Gasteiger partial charge in [0.15, 0.2) is 5.79 Å². The van der Waals surface area contributed by atoms with Gasteiger partial charge in [-0.1, -0.05) is 24.6 Å². The van der Waals surface area contributed by atoms with E-state index in [1.807, 2.05) is 19.1 Å². The van der Waals surface area contributed by atoms with Crippen LogP contribution in [0.25, 0.3) is 0 Å². The van der Waals surface area contributed by atoms with Crippen molar-refractivity contribution in [3.05, 3.63) is 29.8 Å². The number of aryl methyl sites for hydroxylation is 1. The minimum Gasteiger partial charge on any atom is -0.347 e. The molecule has 0 aromatic heterocycles. The van der Waals surface area contributed by atoms with Gasteiger partial charge in [-0.15, -0.1) is 0 Å². The number of rotatable bonds is 5. The Morgan fingerprint density at radius 1 is 1.19 bits per heavy atom. The Bertz CT molecular complexity index is 731. The average Bonchev–Trinajstić information content (AvgIpc) is 3.04. The first-order valence-corrected chi connectivity index (χ1v) is 10.6. The summed E-state index contributed by atoms with van der Waals surface area (Å²) in [5.41, 5.74) is 1.56. The molecule has 26 heavy (non-hydrogen) atoms. The zero-order valence-corrected chi connectivity index (χ0v) is 16.0. The van der Waals surface area contributed by atoms with E-state index in [0.717, 1.165) is 5.56 Å². The van der Waals surface area contributed by atoms with E-state index in [-0.39, 0.29) is 11.7 Å². The largest absolute Gasteiger partial charge is 0.347 e. The lowest BCUT2D eigenvalue weighted by Crippen LogP contribution is -2.49. The maximum Gasteiger partial charge on any atom is 0.233 e. The smallest absolute Gasteiger partial charge is 0.233 e. The van der Waals surface area contributed by atoms with Crippen LogP contribution in [0.1, 0.15) is 25.3 Å². The Hall–Kier alpha value is -1.64. The average molecular weight is 382 g/mol. The van der Waals surface area contributed by atoms with Gasteiger partial charge in [0.25, 0.3) is 0 Å². The molecule has 0 radical (unpaired) electrons. The van der Waals surface area contributed by atoms with Crippen molar-refractivity contribution in [3.63, 3.8) is 0 Å². The number of amides is 1. The summed E-state index contributed by atoms with van der Waals surface area (Å²) in [6.45, 7) is 5.82. The maximum absolute atomic E-state index is 12.6. The first-order valence-electron chi connectivity index (χ1n) is 8.92. The fourth-order valence-corrected chi connectivity index (χ4v) is 4.79. The second-order valence-electron chi connectivity index (χ2n) is 7.08. The standard InChI is InChI=1S/C18H26N2O5S/c1-14-3-5-16(6-4-14)19-26(22,23)13-15(2)17(21)20-9-7-18(8-10-20)24-11-12-25-18/h3-6,15,19H,7-13H2,1-2H3. The summed E-state index contributed by atoms with van der Waals surface area (Å²) >= 11 is 0. The van der Waals surface area contributed by atoms with Crippen LogP contribution in [0.2, 0.25) is 0 Å². The summed E-state index contributed by atoms with van der Waals surface area (Å²) in [6, 6.07) is 7.10. The highest BCUT2D eigenvalue weighted by molar-refractivity contribution is 7.92. The third-order valence-corrected chi connectivity index (χ3v) is 6.35. The third-order valence-electron chi connectivity index (χ3n) is 4.87. The second kappa shape index (κ2) is 7.54. The Balaban J connectivity index is 1.54. The molecule has 1 aromatic rings. The number of ether oxygens (including phenoxy) is 2. The highest BCUT2D eigenvalue weighted by Crippen LogP contribution is 2.31. The van der Waals surface area contributed by atoms with Gasteiger partial charge in [0.1, 0.15) is 0 Å². The summed E-state index contributed by atoms with van der Waals surface area (Å²) in [7, 11) is -3.60. The van der Waals surface area contributed by atoms with Crippen LogP contribution in [0.3, 0.4) is 0 Å². The van der Waals surface area contributed by atoms with Crippen LogP contribution in [0, 0.1) is 12.8 Å². The molecule has 2 saturated heterocycles. The van der Waals surface area contributed by atoms with E-state index in [9.17, 15) is 13.2 Å². The fraction of sp³-hybridized carbons (Fsp3) is 0.611. The van der Waals surface area contributed by atoms with Crippen molar-refractivity contribution in [2.75, 3.05) is 36.8 Å². The number of anilines is 1. The number of sulfonamides is 1. The van der Waals surface area contributed by atoms with E-state index < -0.39 is 21.7 Å². The summed E-state index contributed by atoms with van der Waals surface area (Å²) in [4.78, 5) is 14.3. The van der Waals surface area contributed by atoms with Gasteiger partial charge in [-0.3, -0.25) is 9.52 Å². The molecule has 0 bridgehead atoms. The first kappa shape index (κ1) is 19.1. The Kier molecular flexibility index (Phi) is 5.55. The van der Waals surface area contributed by atoms with Crippen LogP contribution in [0.4, 0.5) is 5.69 Å². The number of nitrogens with zero attached hydrogens (tertiary/aromatic N) is 1. The van der Waals surface area contributed by atoms with Crippen LogP contribution in [-0.4, -0.2) is 57.1 Å². The molecule has 2 fully saturated rings. The van der Waals surface area contributed by atoms with E-state index in [4.69, 9.17) is 9.47 Å². The predicted octanol–water partition coefficient (Wildman–Crippen LogP) is 1.74. The van der Waals surface area contributed by atoms with Crippen LogP contribution >= 0.6 is 0 Å². The van der Waals surface area contributed by atoms with Gasteiger partial charge in [0.2, 0.25) is 15.9 Å². The SMILES string of the molecule is Cc1ccc(NS(=O)(=O)CC(C)C(=O)N2CCC3(CC2)OCCO3)cc1. The lowest BCUT2D eigenvalue weighted by Gasteiger charge is -2.38. The van der Waals surface area contributed by atoms with Crippen LogP contribution in [0.5, 0.6) is 0 Å². The molecule has 2 aliphatic heterocycles. The van der Waals surface area contributed by atoms with Crippen molar-refractivity contribution < 1.29 is 22.7 Å². The Labute approximate surface area is 154 Å². The van der Waals surface area contributed by atoms with Crippen molar-refractivity contribution in [2.45, 2.75) is 32.5 Å². The Morgan fingerprint density at radius 3 is 2.35 bits per heavy atom. The van der Waals surface area contributed by atoms with Gasteiger partial charge in [-0.25, -0.2) is 8.42 Å². The topological polar surface area (TPSA) is 84.9 Å². The summed E-state index contributed by atoms with van der Waals surface area (Å²) in [5, 5.41) is 0. The second-order valence-corrected chi connectivity index (χ2v) is 8.85. The molecule has 1 spiro atoms. The number of hydrogen-bond acceptors (Lipinski definition) is 5. The molecule has 0 saturated carbocycles. The number of carbonyl (C=O) groups excluding carboxylic acids is 1. The van der Waals surface area contributed by atoms with Crippen LogP contribution < -0.4 is 4.72 Å². The van der Waals surface area contributed by atoms with E-state index in [2.05, 4.69) is 4.72 Å².